The third-order valence-electron chi connectivity index (χ3n) is 7.35. The number of rotatable bonds is 6. The van der Waals surface area contributed by atoms with Crippen molar-refractivity contribution in [3.8, 4) is 0 Å². The maximum Gasteiger partial charge on any atom is 0.246 e. The van der Waals surface area contributed by atoms with E-state index in [2.05, 4.69) is 17.0 Å². The van der Waals surface area contributed by atoms with Gasteiger partial charge in [-0.2, -0.15) is 0 Å². The van der Waals surface area contributed by atoms with Crippen molar-refractivity contribution in [1.29, 1.82) is 0 Å². The second kappa shape index (κ2) is 11.3. The second-order valence-corrected chi connectivity index (χ2v) is 10.1. The first-order valence-electron chi connectivity index (χ1n) is 12.1. The molecular weight excluding hydrogens is 493 g/mol. The fourth-order valence-electron chi connectivity index (χ4n) is 4.99. The summed E-state index contributed by atoms with van der Waals surface area (Å²) < 4.78 is 39.8. The third-order valence-corrected chi connectivity index (χ3v) is 7.60. The highest BCUT2D eigenvalue weighted by molar-refractivity contribution is 6.30. The number of β-amino-alcohol motifs (C(OH)–C–C–N with tert-alkyl or cyclic N) is 1. The van der Waals surface area contributed by atoms with Crippen molar-refractivity contribution in [2.24, 2.45) is 0 Å². The molecule has 2 N–H and O–H groups in total. The lowest BCUT2D eigenvalue weighted by Gasteiger charge is -2.43. The fourth-order valence-corrected chi connectivity index (χ4v) is 5.12. The highest BCUT2D eigenvalue weighted by atomic mass is 35.5. The molecule has 2 fully saturated rings. The molecule has 2 aromatic carbocycles. The number of hydrogen-bond donors (Lipinski definition) is 2. The van der Waals surface area contributed by atoms with Gasteiger partial charge in [0.25, 0.3) is 0 Å². The summed E-state index contributed by atoms with van der Waals surface area (Å²) in [6.07, 6.45) is 3.80. The molecule has 0 aromatic heterocycles. The maximum absolute atomic E-state index is 13.4. The molecule has 0 aliphatic carbocycles. The molecule has 0 radical (unpaired) electrons. The molecule has 194 valence electrons. The summed E-state index contributed by atoms with van der Waals surface area (Å²) in [5.41, 5.74) is -0.000893. The monoisotopic (exact) mass is 522 g/mol. The van der Waals surface area contributed by atoms with Crippen molar-refractivity contribution in [3.05, 3.63) is 76.1 Å². The van der Waals surface area contributed by atoms with Gasteiger partial charge in [0.2, 0.25) is 5.91 Å². The highest BCUT2D eigenvalue weighted by Gasteiger charge is 2.40. The van der Waals surface area contributed by atoms with Gasteiger partial charge in [0.05, 0.1) is 11.7 Å². The number of aliphatic hydroxyl groups excluding tert-OH is 1. The standard InChI is InChI=1S/C27H30ClF3N2O3/c28-21-4-2-19(3-5-21)20-7-11-32(12-8-20)17-24(34)27(36)9-13-33(14-10-27)25(35)6-1-18-15-22(29)26(31)23(30)16-18/h1-6,15-16,20,24,34,36H,7-14,17H2. The van der Waals surface area contributed by atoms with Crippen LogP contribution in [0, 0.1) is 17.5 Å². The quantitative estimate of drug-likeness (QED) is 0.437. The summed E-state index contributed by atoms with van der Waals surface area (Å²) >= 11 is 5.98. The zero-order chi connectivity index (χ0) is 25.9. The molecule has 1 atom stereocenters. The number of carbonyl (C=O) groups is 1. The van der Waals surface area contributed by atoms with E-state index in [9.17, 15) is 28.2 Å². The van der Waals surface area contributed by atoms with E-state index in [-0.39, 0.29) is 37.4 Å². The Balaban J connectivity index is 1.25. The van der Waals surface area contributed by atoms with Crippen LogP contribution < -0.4 is 0 Å². The highest BCUT2D eigenvalue weighted by Crippen LogP contribution is 2.31. The number of carbonyl (C=O) groups excluding carboxylic acids is 1. The minimum atomic E-state index is -1.56. The lowest BCUT2D eigenvalue weighted by Crippen LogP contribution is -2.56. The number of nitrogens with zero attached hydrogens (tertiary/aromatic N) is 2. The Labute approximate surface area is 213 Å². The Bertz CT molecular complexity index is 1070. The average Bonchev–Trinajstić information content (AvgIpc) is 2.87. The molecule has 36 heavy (non-hydrogen) atoms. The first-order chi connectivity index (χ1) is 17.1. The Morgan fingerprint density at radius 3 is 2.22 bits per heavy atom. The van der Waals surface area contributed by atoms with Gasteiger partial charge in [0, 0.05) is 30.7 Å². The average molecular weight is 523 g/mol. The largest absolute Gasteiger partial charge is 0.389 e. The minimum absolute atomic E-state index is 0.0310. The van der Waals surface area contributed by atoms with Gasteiger partial charge in [0.1, 0.15) is 0 Å². The van der Waals surface area contributed by atoms with Gasteiger partial charge in [-0.3, -0.25) is 4.79 Å². The van der Waals surface area contributed by atoms with Crippen LogP contribution in [0.2, 0.25) is 5.02 Å². The number of piperidine rings is 2. The molecule has 1 amide bonds. The van der Waals surface area contributed by atoms with Crippen molar-refractivity contribution in [1.82, 2.24) is 9.80 Å². The topological polar surface area (TPSA) is 64.0 Å². The Morgan fingerprint density at radius 1 is 1.06 bits per heavy atom. The van der Waals surface area contributed by atoms with E-state index in [4.69, 9.17) is 11.6 Å². The van der Waals surface area contributed by atoms with Crippen molar-refractivity contribution < 1.29 is 28.2 Å². The predicted octanol–water partition coefficient (Wildman–Crippen LogP) is 4.36. The lowest BCUT2D eigenvalue weighted by molar-refractivity contribution is -0.140. The molecule has 0 saturated carbocycles. The molecule has 5 nitrogen and oxygen atoms in total. The van der Waals surface area contributed by atoms with Crippen LogP contribution in [0.25, 0.3) is 6.08 Å². The minimum Gasteiger partial charge on any atom is -0.389 e. The summed E-state index contributed by atoms with van der Waals surface area (Å²) in [5, 5.41) is 22.6. The van der Waals surface area contributed by atoms with Crippen molar-refractivity contribution in [2.45, 2.75) is 43.3 Å². The van der Waals surface area contributed by atoms with E-state index >= 15 is 0 Å². The second-order valence-electron chi connectivity index (χ2n) is 9.70. The van der Waals surface area contributed by atoms with Crippen LogP contribution in [0.5, 0.6) is 0 Å². The summed E-state index contributed by atoms with van der Waals surface area (Å²) in [7, 11) is 0. The van der Waals surface area contributed by atoms with Crippen LogP contribution in [0.3, 0.4) is 0 Å². The molecule has 0 bridgehead atoms. The molecule has 2 aliphatic heterocycles. The van der Waals surface area contributed by atoms with Gasteiger partial charge in [-0.1, -0.05) is 23.7 Å². The van der Waals surface area contributed by atoms with E-state index in [0.29, 0.717) is 12.5 Å². The molecule has 9 heteroatoms. The summed E-state index contributed by atoms with van der Waals surface area (Å²) in [5.74, 6) is -4.15. The molecule has 4 rings (SSSR count). The van der Waals surface area contributed by atoms with Crippen molar-refractivity contribution in [3.63, 3.8) is 0 Å². The smallest absolute Gasteiger partial charge is 0.246 e. The zero-order valence-electron chi connectivity index (χ0n) is 19.8. The van der Waals surface area contributed by atoms with Gasteiger partial charge in [-0.15, -0.1) is 0 Å². The number of halogens is 4. The maximum atomic E-state index is 13.4. The lowest BCUT2D eigenvalue weighted by atomic mass is 9.84. The zero-order valence-corrected chi connectivity index (χ0v) is 20.6. The molecule has 2 saturated heterocycles. The predicted molar refractivity (Wildman–Crippen MR) is 132 cm³/mol. The van der Waals surface area contributed by atoms with Crippen LogP contribution in [0.15, 0.2) is 42.5 Å². The van der Waals surface area contributed by atoms with E-state index in [1.807, 2.05) is 12.1 Å². The summed E-state index contributed by atoms with van der Waals surface area (Å²) in [6.45, 7) is 2.48. The van der Waals surface area contributed by atoms with Gasteiger partial charge in [0.15, 0.2) is 17.5 Å². The normalized spacial score (nSPS) is 20.1. The molecule has 2 aliphatic rings. The fraction of sp³-hybridized carbons (Fsp3) is 0.444. The number of aliphatic hydroxyl groups is 2. The van der Waals surface area contributed by atoms with Crippen LogP contribution in [-0.4, -0.2) is 70.3 Å². The van der Waals surface area contributed by atoms with E-state index < -0.39 is 29.2 Å². The molecule has 0 spiro atoms. The van der Waals surface area contributed by atoms with Crippen LogP contribution in [-0.2, 0) is 4.79 Å². The van der Waals surface area contributed by atoms with Crippen LogP contribution in [0.4, 0.5) is 13.2 Å². The van der Waals surface area contributed by atoms with E-state index in [1.165, 1.54) is 16.5 Å². The Morgan fingerprint density at radius 2 is 1.64 bits per heavy atom. The van der Waals surface area contributed by atoms with Gasteiger partial charge in [-0.25, -0.2) is 13.2 Å². The molecular formula is C27H30ClF3N2O3. The van der Waals surface area contributed by atoms with E-state index in [0.717, 1.165) is 49.2 Å². The number of hydrogen-bond acceptors (Lipinski definition) is 4. The molecule has 2 heterocycles. The molecule has 2 aromatic rings. The SMILES string of the molecule is O=C(C=Cc1cc(F)c(F)c(F)c1)N1CCC(O)(C(O)CN2CCC(c3ccc(Cl)cc3)CC2)CC1. The first kappa shape index (κ1) is 26.7. The van der Waals surface area contributed by atoms with Crippen LogP contribution >= 0.6 is 11.6 Å². The number of likely N-dealkylation sites (tertiary alicyclic amines) is 2. The van der Waals surface area contributed by atoms with Gasteiger partial charge >= 0.3 is 0 Å². The number of amides is 1. The van der Waals surface area contributed by atoms with Crippen LogP contribution in [0.1, 0.15) is 42.7 Å². The van der Waals surface area contributed by atoms with Crippen molar-refractivity contribution in [2.75, 3.05) is 32.7 Å². The Kier molecular flexibility index (Phi) is 8.40. The summed E-state index contributed by atoms with van der Waals surface area (Å²) in [6, 6.07) is 9.54. The summed E-state index contributed by atoms with van der Waals surface area (Å²) in [4.78, 5) is 16.2. The third kappa shape index (κ3) is 6.29. The van der Waals surface area contributed by atoms with E-state index in [1.54, 1.807) is 0 Å². The van der Waals surface area contributed by atoms with Gasteiger partial charge < -0.3 is 20.0 Å². The number of benzene rings is 2. The van der Waals surface area contributed by atoms with Crippen molar-refractivity contribution >= 4 is 23.6 Å². The molecule has 1 unspecified atom stereocenters. The van der Waals surface area contributed by atoms with Gasteiger partial charge in [-0.05, 0) is 86.2 Å². The Hall–Kier alpha value is -2.39. The first-order valence-corrected chi connectivity index (χ1v) is 12.5.